The van der Waals surface area contributed by atoms with E-state index in [1.54, 1.807) is 12.4 Å². The zero-order chi connectivity index (χ0) is 15.4. The maximum absolute atomic E-state index is 12.7. The Bertz CT molecular complexity index is 616. The average molecular weight is 298 g/mol. The minimum Gasteiger partial charge on any atom is -0.376 e. The predicted octanol–water partition coefficient (Wildman–Crippen LogP) is 3.14. The first-order chi connectivity index (χ1) is 10.7. The molecule has 3 rings (SSSR count). The lowest BCUT2D eigenvalue weighted by Crippen LogP contribution is -2.36. The maximum atomic E-state index is 12.7. The van der Waals surface area contributed by atoms with Gasteiger partial charge >= 0.3 is 0 Å². The Labute approximate surface area is 131 Å². The number of carbonyl (C=O) groups excluding carboxylic acids is 1. The summed E-state index contributed by atoms with van der Waals surface area (Å²) >= 11 is 0. The lowest BCUT2D eigenvalue weighted by Gasteiger charge is -2.25. The van der Waals surface area contributed by atoms with Crippen molar-refractivity contribution in [1.82, 2.24) is 9.88 Å². The fourth-order valence-corrected chi connectivity index (χ4v) is 2.92. The summed E-state index contributed by atoms with van der Waals surface area (Å²) < 4.78 is 5.71. The van der Waals surface area contributed by atoms with E-state index in [9.17, 15) is 4.79 Å². The van der Waals surface area contributed by atoms with E-state index < -0.39 is 0 Å². The first-order valence-electron chi connectivity index (χ1n) is 7.81. The number of amides is 1. The number of H-pyrrole nitrogens is 1. The molecule has 2 heterocycles. The molecule has 1 atom stereocenters. The SMILES string of the molecule is Cc1cccc(CN(CC2CCCO2)C(=O)c2cc[nH]c2)c1. The van der Waals surface area contributed by atoms with Crippen LogP contribution in [0.3, 0.4) is 0 Å². The van der Waals surface area contributed by atoms with Gasteiger partial charge in [-0.2, -0.15) is 0 Å². The monoisotopic (exact) mass is 298 g/mol. The van der Waals surface area contributed by atoms with E-state index in [2.05, 4.69) is 30.1 Å². The number of aryl methyl sites for hydroxylation is 1. The van der Waals surface area contributed by atoms with Crippen molar-refractivity contribution in [2.75, 3.05) is 13.2 Å². The molecule has 4 heteroatoms. The van der Waals surface area contributed by atoms with Gasteiger partial charge in [-0.3, -0.25) is 4.79 Å². The van der Waals surface area contributed by atoms with Crippen LogP contribution in [0.25, 0.3) is 0 Å². The molecule has 0 bridgehead atoms. The van der Waals surface area contributed by atoms with Gasteiger partial charge in [0.25, 0.3) is 5.91 Å². The standard InChI is InChI=1S/C18H22N2O2/c1-14-4-2-5-15(10-14)12-20(13-17-6-3-9-22-17)18(21)16-7-8-19-11-16/h2,4-5,7-8,10-11,17,19H,3,6,9,12-13H2,1H3. The molecule has 0 saturated carbocycles. The molecule has 1 amide bonds. The third-order valence-corrected chi connectivity index (χ3v) is 4.04. The Balaban J connectivity index is 1.77. The van der Waals surface area contributed by atoms with Crippen LogP contribution in [0, 0.1) is 6.92 Å². The second-order valence-corrected chi connectivity index (χ2v) is 5.91. The number of carbonyl (C=O) groups is 1. The fourth-order valence-electron chi connectivity index (χ4n) is 2.92. The van der Waals surface area contributed by atoms with Gasteiger partial charge in [0.1, 0.15) is 0 Å². The van der Waals surface area contributed by atoms with Gasteiger partial charge in [-0.25, -0.2) is 0 Å². The van der Waals surface area contributed by atoms with Gasteiger partial charge in [0.15, 0.2) is 0 Å². The second kappa shape index (κ2) is 6.79. The van der Waals surface area contributed by atoms with Crippen molar-refractivity contribution in [3.8, 4) is 0 Å². The number of hydrogen-bond donors (Lipinski definition) is 1. The number of nitrogens with one attached hydrogen (secondary N) is 1. The largest absolute Gasteiger partial charge is 0.376 e. The molecule has 2 aromatic rings. The van der Waals surface area contributed by atoms with Gasteiger partial charge < -0.3 is 14.6 Å². The molecule has 1 unspecified atom stereocenters. The Kier molecular flexibility index (Phi) is 4.59. The molecule has 116 valence electrons. The predicted molar refractivity (Wildman–Crippen MR) is 85.7 cm³/mol. The van der Waals surface area contributed by atoms with Crippen LogP contribution in [0.5, 0.6) is 0 Å². The molecule has 1 aliphatic rings. The molecule has 1 fully saturated rings. The number of benzene rings is 1. The van der Waals surface area contributed by atoms with E-state index in [0.29, 0.717) is 18.7 Å². The van der Waals surface area contributed by atoms with Crippen molar-refractivity contribution < 1.29 is 9.53 Å². The summed E-state index contributed by atoms with van der Waals surface area (Å²) in [7, 11) is 0. The fraction of sp³-hybridized carbons (Fsp3) is 0.389. The zero-order valence-electron chi connectivity index (χ0n) is 12.9. The Morgan fingerprint density at radius 1 is 1.41 bits per heavy atom. The first kappa shape index (κ1) is 14.9. The summed E-state index contributed by atoms with van der Waals surface area (Å²) in [5, 5.41) is 0. The average Bonchev–Trinajstić information content (AvgIpc) is 3.19. The maximum Gasteiger partial charge on any atom is 0.255 e. The van der Waals surface area contributed by atoms with Crippen LogP contribution < -0.4 is 0 Å². The molecule has 4 nitrogen and oxygen atoms in total. The molecular weight excluding hydrogens is 276 g/mol. The van der Waals surface area contributed by atoms with Gasteiger partial charge in [-0.1, -0.05) is 29.8 Å². The van der Waals surface area contributed by atoms with Crippen molar-refractivity contribution in [3.63, 3.8) is 0 Å². The highest BCUT2D eigenvalue weighted by atomic mass is 16.5. The van der Waals surface area contributed by atoms with E-state index in [-0.39, 0.29) is 12.0 Å². The molecule has 0 radical (unpaired) electrons. The van der Waals surface area contributed by atoms with Crippen LogP contribution in [0.15, 0.2) is 42.7 Å². The number of aromatic nitrogens is 1. The first-order valence-corrected chi connectivity index (χ1v) is 7.81. The van der Waals surface area contributed by atoms with Crippen LogP contribution in [0.1, 0.15) is 34.3 Å². The highest BCUT2D eigenvalue weighted by molar-refractivity contribution is 5.94. The highest BCUT2D eigenvalue weighted by Gasteiger charge is 2.23. The van der Waals surface area contributed by atoms with Crippen molar-refractivity contribution in [2.45, 2.75) is 32.4 Å². The summed E-state index contributed by atoms with van der Waals surface area (Å²) in [5.74, 6) is 0.0539. The lowest BCUT2D eigenvalue weighted by atomic mass is 10.1. The topological polar surface area (TPSA) is 45.3 Å². The normalized spacial score (nSPS) is 17.6. The third-order valence-electron chi connectivity index (χ3n) is 4.04. The molecule has 0 spiro atoms. The minimum absolute atomic E-state index is 0.0539. The smallest absolute Gasteiger partial charge is 0.255 e. The van der Waals surface area contributed by atoms with Crippen molar-refractivity contribution >= 4 is 5.91 Å². The molecule has 22 heavy (non-hydrogen) atoms. The van der Waals surface area contributed by atoms with Gasteiger partial charge in [0.05, 0.1) is 11.7 Å². The van der Waals surface area contributed by atoms with Crippen molar-refractivity contribution in [1.29, 1.82) is 0 Å². The van der Waals surface area contributed by atoms with Crippen molar-refractivity contribution in [2.24, 2.45) is 0 Å². The van der Waals surface area contributed by atoms with Gasteiger partial charge in [-0.15, -0.1) is 0 Å². The van der Waals surface area contributed by atoms with Crippen LogP contribution in [-0.2, 0) is 11.3 Å². The highest BCUT2D eigenvalue weighted by Crippen LogP contribution is 2.17. The molecule has 1 N–H and O–H groups in total. The number of hydrogen-bond acceptors (Lipinski definition) is 2. The van der Waals surface area contributed by atoms with Crippen LogP contribution >= 0.6 is 0 Å². The van der Waals surface area contributed by atoms with Crippen LogP contribution in [-0.4, -0.2) is 35.0 Å². The number of aromatic amines is 1. The quantitative estimate of drug-likeness (QED) is 0.921. The minimum atomic E-state index is 0.0539. The van der Waals surface area contributed by atoms with Gasteiger partial charge in [0, 0.05) is 32.1 Å². The second-order valence-electron chi connectivity index (χ2n) is 5.91. The van der Waals surface area contributed by atoms with E-state index in [1.165, 1.54) is 5.56 Å². The van der Waals surface area contributed by atoms with E-state index in [1.807, 2.05) is 17.0 Å². The Hall–Kier alpha value is -2.07. The number of rotatable bonds is 5. The van der Waals surface area contributed by atoms with Gasteiger partial charge in [0.2, 0.25) is 0 Å². The third kappa shape index (κ3) is 3.57. The van der Waals surface area contributed by atoms with Crippen LogP contribution in [0.4, 0.5) is 0 Å². The lowest BCUT2D eigenvalue weighted by molar-refractivity contribution is 0.0507. The summed E-state index contributed by atoms with van der Waals surface area (Å²) in [4.78, 5) is 17.6. The van der Waals surface area contributed by atoms with Crippen molar-refractivity contribution in [3.05, 3.63) is 59.4 Å². The number of nitrogens with zero attached hydrogens (tertiary/aromatic N) is 1. The molecule has 1 aromatic heterocycles. The Morgan fingerprint density at radius 3 is 3.00 bits per heavy atom. The van der Waals surface area contributed by atoms with Gasteiger partial charge in [-0.05, 0) is 31.4 Å². The zero-order valence-corrected chi connectivity index (χ0v) is 12.9. The van der Waals surface area contributed by atoms with E-state index in [4.69, 9.17) is 4.74 Å². The van der Waals surface area contributed by atoms with E-state index >= 15 is 0 Å². The molecule has 1 aliphatic heterocycles. The van der Waals surface area contributed by atoms with E-state index in [0.717, 1.165) is 25.0 Å². The summed E-state index contributed by atoms with van der Waals surface area (Å²) in [6.45, 7) is 4.15. The summed E-state index contributed by atoms with van der Waals surface area (Å²) in [6, 6.07) is 10.1. The van der Waals surface area contributed by atoms with Crippen LogP contribution in [0.2, 0.25) is 0 Å². The molecule has 1 saturated heterocycles. The summed E-state index contributed by atoms with van der Waals surface area (Å²) in [6.07, 6.45) is 5.81. The summed E-state index contributed by atoms with van der Waals surface area (Å²) in [5.41, 5.74) is 3.07. The molecular formula is C18H22N2O2. The molecule has 0 aliphatic carbocycles. The number of ether oxygens (including phenoxy) is 1. The molecule has 1 aromatic carbocycles. The Morgan fingerprint density at radius 2 is 2.32 bits per heavy atom.